The Morgan fingerprint density at radius 3 is 0.900 bits per heavy atom. The number of aliphatic hydroxyl groups excluding tert-OH is 1. The smallest absolute Gasteiger partial charge is 0.305 e. The zero-order valence-electron chi connectivity index (χ0n) is 26.9. The molecule has 0 radical (unpaired) electrons. The van der Waals surface area contributed by atoms with Gasteiger partial charge in [-0.15, -0.1) is 0 Å². The second-order valence-electron chi connectivity index (χ2n) is 12.0. The number of ether oxygens (including phenoxy) is 2. The van der Waals surface area contributed by atoms with Gasteiger partial charge in [-0.1, -0.05) is 168 Å². The fourth-order valence-corrected chi connectivity index (χ4v) is 5.14. The SMILES string of the molecule is CCCCCCCCCCCCCCCCCCC(=O)OC[C@@H](O)COC(=O)CCCCCCCCCCCC. The zero-order valence-corrected chi connectivity index (χ0v) is 26.9. The van der Waals surface area contributed by atoms with Crippen LogP contribution in [0.3, 0.4) is 0 Å². The lowest BCUT2D eigenvalue weighted by Crippen LogP contribution is -2.25. The van der Waals surface area contributed by atoms with Crippen molar-refractivity contribution in [2.75, 3.05) is 13.2 Å². The molecule has 0 aromatic carbocycles. The maximum absolute atomic E-state index is 11.9. The van der Waals surface area contributed by atoms with E-state index in [0.717, 1.165) is 25.7 Å². The molecular formula is C35H68O5. The summed E-state index contributed by atoms with van der Waals surface area (Å²) in [5.74, 6) is -0.556. The van der Waals surface area contributed by atoms with Gasteiger partial charge in [0.05, 0.1) is 0 Å². The predicted molar refractivity (Wildman–Crippen MR) is 169 cm³/mol. The van der Waals surface area contributed by atoms with Crippen molar-refractivity contribution in [3.8, 4) is 0 Å². The lowest BCUT2D eigenvalue weighted by Gasteiger charge is -2.12. The molecule has 0 amide bonds. The summed E-state index contributed by atoms with van der Waals surface area (Å²) in [6.07, 6.45) is 32.9. The molecule has 0 fully saturated rings. The molecule has 0 aromatic heterocycles. The third-order valence-electron chi connectivity index (χ3n) is 7.84. The first kappa shape index (κ1) is 38.9. The van der Waals surface area contributed by atoms with Crippen molar-refractivity contribution in [1.82, 2.24) is 0 Å². The van der Waals surface area contributed by atoms with Crippen molar-refractivity contribution in [2.45, 2.75) is 200 Å². The molecule has 5 nitrogen and oxygen atoms in total. The van der Waals surface area contributed by atoms with Gasteiger partial charge in [0, 0.05) is 12.8 Å². The highest BCUT2D eigenvalue weighted by atomic mass is 16.6. The molecule has 1 N–H and O–H groups in total. The second-order valence-corrected chi connectivity index (χ2v) is 12.0. The summed E-state index contributed by atoms with van der Waals surface area (Å²) in [5, 5.41) is 9.95. The number of hydrogen-bond donors (Lipinski definition) is 1. The highest BCUT2D eigenvalue weighted by Gasteiger charge is 2.12. The Kier molecular flexibility index (Phi) is 31.5. The maximum Gasteiger partial charge on any atom is 0.305 e. The Morgan fingerprint density at radius 1 is 0.425 bits per heavy atom. The minimum atomic E-state index is -0.952. The zero-order chi connectivity index (χ0) is 29.4. The third kappa shape index (κ3) is 31.4. The van der Waals surface area contributed by atoms with E-state index in [-0.39, 0.29) is 25.2 Å². The van der Waals surface area contributed by atoms with Crippen molar-refractivity contribution >= 4 is 11.9 Å². The van der Waals surface area contributed by atoms with Crippen LogP contribution in [-0.2, 0) is 19.1 Å². The molecule has 1 atom stereocenters. The van der Waals surface area contributed by atoms with Gasteiger partial charge in [-0.2, -0.15) is 0 Å². The van der Waals surface area contributed by atoms with Crippen LogP contribution in [-0.4, -0.2) is 36.4 Å². The minimum absolute atomic E-state index is 0.108. The fourth-order valence-electron chi connectivity index (χ4n) is 5.14. The molecule has 0 heterocycles. The Bertz CT molecular complexity index is 536. The van der Waals surface area contributed by atoms with Gasteiger partial charge < -0.3 is 14.6 Å². The van der Waals surface area contributed by atoms with Gasteiger partial charge >= 0.3 is 11.9 Å². The third-order valence-corrected chi connectivity index (χ3v) is 7.84. The first-order valence-electron chi connectivity index (χ1n) is 17.6. The van der Waals surface area contributed by atoms with E-state index in [9.17, 15) is 14.7 Å². The van der Waals surface area contributed by atoms with Gasteiger partial charge in [0.1, 0.15) is 19.3 Å². The summed E-state index contributed by atoms with van der Waals surface area (Å²) in [4.78, 5) is 23.8. The number of carbonyl (C=O) groups excluding carboxylic acids is 2. The Hall–Kier alpha value is -1.10. The summed E-state index contributed by atoms with van der Waals surface area (Å²) in [6, 6.07) is 0. The Balaban J connectivity index is 3.38. The number of esters is 2. The van der Waals surface area contributed by atoms with Crippen LogP contribution in [0.5, 0.6) is 0 Å². The van der Waals surface area contributed by atoms with E-state index in [1.165, 1.54) is 141 Å². The van der Waals surface area contributed by atoms with E-state index in [1.54, 1.807) is 0 Å². The molecule has 0 rings (SSSR count). The molecule has 0 saturated carbocycles. The van der Waals surface area contributed by atoms with Crippen LogP contribution in [0, 0.1) is 0 Å². The molecule has 0 aliphatic heterocycles. The molecule has 0 spiro atoms. The van der Waals surface area contributed by atoms with Crippen LogP contribution in [0.2, 0.25) is 0 Å². The molecule has 0 unspecified atom stereocenters. The normalized spacial score (nSPS) is 12.0. The molecule has 0 aliphatic rings. The minimum Gasteiger partial charge on any atom is -0.463 e. The van der Waals surface area contributed by atoms with E-state index in [1.807, 2.05) is 0 Å². The van der Waals surface area contributed by atoms with Gasteiger partial charge in [0.15, 0.2) is 0 Å². The number of unbranched alkanes of at least 4 members (excludes halogenated alkanes) is 24. The molecule has 0 bridgehead atoms. The van der Waals surface area contributed by atoms with Crippen LogP contribution in [0.4, 0.5) is 0 Å². The fraction of sp³-hybridized carbons (Fsp3) is 0.943. The van der Waals surface area contributed by atoms with Gasteiger partial charge in [-0.25, -0.2) is 0 Å². The first-order chi connectivity index (χ1) is 19.6. The Labute approximate surface area is 248 Å². The predicted octanol–water partition coefficient (Wildman–Crippen LogP) is 10.4. The van der Waals surface area contributed by atoms with Crippen molar-refractivity contribution < 1.29 is 24.2 Å². The summed E-state index contributed by atoms with van der Waals surface area (Å²) in [6.45, 7) is 4.30. The molecule has 40 heavy (non-hydrogen) atoms. The summed E-state index contributed by atoms with van der Waals surface area (Å²) in [7, 11) is 0. The van der Waals surface area contributed by atoms with Gasteiger partial charge in [0.2, 0.25) is 0 Å². The summed E-state index contributed by atoms with van der Waals surface area (Å²) < 4.78 is 10.3. The van der Waals surface area contributed by atoms with Crippen molar-refractivity contribution in [3.05, 3.63) is 0 Å². The number of rotatable bonds is 32. The van der Waals surface area contributed by atoms with Crippen LogP contribution >= 0.6 is 0 Å². The number of carbonyl (C=O) groups is 2. The van der Waals surface area contributed by atoms with Crippen LogP contribution in [0.25, 0.3) is 0 Å². The second kappa shape index (κ2) is 32.4. The molecule has 0 aliphatic carbocycles. The lowest BCUT2D eigenvalue weighted by atomic mass is 10.0. The number of hydrogen-bond acceptors (Lipinski definition) is 5. The Morgan fingerprint density at radius 2 is 0.650 bits per heavy atom. The highest BCUT2D eigenvalue weighted by molar-refractivity contribution is 5.69. The molecule has 5 heteroatoms. The van der Waals surface area contributed by atoms with Gasteiger partial charge in [0.25, 0.3) is 0 Å². The van der Waals surface area contributed by atoms with E-state index in [4.69, 9.17) is 9.47 Å². The van der Waals surface area contributed by atoms with Crippen molar-refractivity contribution in [2.24, 2.45) is 0 Å². The maximum atomic E-state index is 11.9. The summed E-state index contributed by atoms with van der Waals surface area (Å²) in [5.41, 5.74) is 0. The van der Waals surface area contributed by atoms with Gasteiger partial charge in [-0.05, 0) is 12.8 Å². The standard InChI is InChI=1S/C35H68O5/c1-3-5-7-9-11-13-15-16-17-18-19-20-22-24-26-28-30-35(38)40-32-33(36)31-39-34(37)29-27-25-23-21-14-12-10-8-6-4-2/h33,36H,3-32H2,1-2H3/t33-/m0/s1. The highest BCUT2D eigenvalue weighted by Crippen LogP contribution is 2.15. The van der Waals surface area contributed by atoms with Crippen LogP contribution in [0.15, 0.2) is 0 Å². The van der Waals surface area contributed by atoms with E-state index >= 15 is 0 Å². The molecule has 238 valence electrons. The molecular weight excluding hydrogens is 500 g/mol. The van der Waals surface area contributed by atoms with E-state index in [0.29, 0.717) is 12.8 Å². The molecule has 0 saturated heterocycles. The van der Waals surface area contributed by atoms with E-state index in [2.05, 4.69) is 13.8 Å². The average molecular weight is 569 g/mol. The van der Waals surface area contributed by atoms with Crippen LogP contribution in [0.1, 0.15) is 194 Å². The van der Waals surface area contributed by atoms with Crippen molar-refractivity contribution in [1.29, 1.82) is 0 Å². The average Bonchev–Trinajstić information content (AvgIpc) is 2.95. The van der Waals surface area contributed by atoms with E-state index < -0.39 is 6.10 Å². The largest absolute Gasteiger partial charge is 0.463 e. The first-order valence-corrected chi connectivity index (χ1v) is 17.6. The summed E-state index contributed by atoms with van der Waals surface area (Å²) >= 11 is 0. The van der Waals surface area contributed by atoms with Gasteiger partial charge in [-0.3, -0.25) is 9.59 Å². The topological polar surface area (TPSA) is 72.8 Å². The van der Waals surface area contributed by atoms with Crippen LogP contribution < -0.4 is 0 Å². The quantitative estimate of drug-likeness (QED) is 0.0645. The monoisotopic (exact) mass is 569 g/mol. The number of aliphatic hydroxyl groups is 1. The molecule has 0 aromatic rings. The lowest BCUT2D eigenvalue weighted by molar-refractivity contribution is -0.152. The van der Waals surface area contributed by atoms with Crippen molar-refractivity contribution in [3.63, 3.8) is 0 Å².